The second kappa shape index (κ2) is 26.1. The van der Waals surface area contributed by atoms with Crippen molar-refractivity contribution in [3.05, 3.63) is 413 Å². The van der Waals surface area contributed by atoms with Crippen LogP contribution in [0.15, 0.2) is 351 Å². The Morgan fingerprint density at radius 2 is 0.847 bits per heavy atom. The molecule has 0 saturated heterocycles. The fourth-order valence-electron chi connectivity index (χ4n) is 19.2. The third-order valence-electron chi connectivity index (χ3n) is 24.2. The van der Waals surface area contributed by atoms with Crippen molar-refractivity contribution in [3.8, 4) is 39.6 Å². The van der Waals surface area contributed by atoms with Gasteiger partial charge in [-0.05, 0) is 211 Å². The Balaban J connectivity index is 0.669. The minimum absolute atomic E-state index is 0.262. The van der Waals surface area contributed by atoms with Crippen LogP contribution in [0.3, 0.4) is 0 Å². The lowest BCUT2D eigenvalue weighted by molar-refractivity contribution is 0.590. The number of hydrogen-bond donors (Lipinski definition) is 1. The van der Waals surface area contributed by atoms with Crippen LogP contribution in [0.5, 0.6) is 0 Å². The van der Waals surface area contributed by atoms with Gasteiger partial charge in [0, 0.05) is 50.8 Å². The molecule has 0 spiro atoms. The van der Waals surface area contributed by atoms with Crippen LogP contribution in [0.25, 0.3) is 149 Å². The van der Waals surface area contributed by atoms with Crippen LogP contribution in [-0.4, -0.2) is 24.8 Å². The molecule has 0 bridgehead atoms. The van der Waals surface area contributed by atoms with E-state index in [0.717, 1.165) is 89.9 Å². The highest BCUT2D eigenvalue weighted by atomic mass is 15.2. The van der Waals surface area contributed by atoms with Gasteiger partial charge in [-0.2, -0.15) is 0 Å². The highest BCUT2D eigenvalue weighted by molar-refractivity contribution is 6.33. The topological polar surface area (TPSA) is 74.0 Å². The maximum absolute atomic E-state index is 7.27. The summed E-state index contributed by atoms with van der Waals surface area (Å²) >= 11 is 0. The van der Waals surface area contributed by atoms with Crippen LogP contribution in [0.4, 0.5) is 0 Å². The lowest BCUT2D eigenvalue weighted by Crippen LogP contribution is -2.17. The summed E-state index contributed by atoms with van der Waals surface area (Å²) in [7, 11) is 0. The first kappa shape index (κ1) is 64.5. The van der Waals surface area contributed by atoms with Gasteiger partial charge in [0.25, 0.3) is 0 Å². The molecule has 0 fully saturated rings. The molecule has 111 heavy (non-hydrogen) atoms. The van der Waals surface area contributed by atoms with Crippen LogP contribution >= 0.6 is 0 Å². The van der Waals surface area contributed by atoms with Gasteiger partial charge in [0.15, 0.2) is 0 Å². The molecule has 0 amide bonds. The number of aryl methyl sites for hydroxylation is 1. The molecule has 0 saturated carbocycles. The number of aliphatic imine (C=N–C) groups is 1. The maximum Gasteiger partial charge on any atom is 0.235 e. The zero-order chi connectivity index (χ0) is 73.4. The van der Waals surface area contributed by atoms with E-state index in [-0.39, 0.29) is 6.04 Å². The molecule has 3 aliphatic carbocycles. The summed E-state index contributed by atoms with van der Waals surface area (Å²) in [5.74, 6) is 1.16. The molecule has 0 radical (unpaired) electrons. The van der Waals surface area contributed by atoms with Gasteiger partial charge in [-0.15, -0.1) is 0 Å². The van der Waals surface area contributed by atoms with E-state index in [0.29, 0.717) is 25.0 Å². The van der Waals surface area contributed by atoms with E-state index in [1.807, 2.05) is 0 Å². The summed E-state index contributed by atoms with van der Waals surface area (Å²) in [4.78, 5) is 17.1. The number of benzene rings is 16. The van der Waals surface area contributed by atoms with Crippen molar-refractivity contribution in [1.29, 1.82) is 0 Å². The average Bonchev–Trinajstić information content (AvgIpc) is 1.55. The van der Waals surface area contributed by atoms with Crippen LogP contribution in [0.1, 0.15) is 105 Å². The molecule has 6 heteroatoms. The SMILES string of the molecule is CC1CCCc2cc(-c3cc(-c4ccc5c(-c6ccc(C7=C(c8ccccc8)c8cccc9c8c8c%10c7cccc%10ccc8n9CN=C(CC(N)c7cccc8ccccc78)c7ccccc7)cc6)cccc5c4)nc(-n4c5cccc6c5c5c7c(cccc7ccc54)C(c4ccccc4)=C6c4ccccc4)n3)ccc21. The highest BCUT2D eigenvalue weighted by Gasteiger charge is 2.32. The molecule has 3 aromatic heterocycles. The standard InChI is InChI=1S/C105H74N6/c1-64-23-16-36-74-59-76(51-55-78(64)74)89-62-90(109-105(108-89)111-93-46-22-44-86-97(70-31-12-5-13-32-70)95(68-27-8-3-9-28-68)83-41-19-35-72-54-58-94(111)104(100(72)83)102(86)93)77-52-56-81-75(60-77)37-20-39-79(81)66-47-49-73(50-48-66)98-84-42-18-34-71-53-57-92-103(99(71)84)101-85(96(98)69-29-10-4-11-30-69)43-21-45-91(101)110(92)63-107-88(67-25-6-2-7-26-67)61-87(106)82-40-17-33-65-24-14-15-38-80(65)82/h2-15,17-22,24-35,37-60,62,64,87H,16,23,36,61,63,106H2,1H3. The van der Waals surface area contributed by atoms with Crippen molar-refractivity contribution in [1.82, 2.24) is 19.1 Å². The molecule has 2 atom stereocenters. The molecular formula is C105H74N6. The molecule has 0 aliphatic heterocycles. The van der Waals surface area contributed by atoms with Crippen molar-refractivity contribution in [2.75, 3.05) is 0 Å². The first-order valence-electron chi connectivity index (χ1n) is 39.0. The minimum Gasteiger partial charge on any atom is -0.324 e. The molecule has 2 unspecified atom stereocenters. The van der Waals surface area contributed by atoms with Gasteiger partial charge in [-0.25, -0.2) is 9.97 Å². The van der Waals surface area contributed by atoms with Gasteiger partial charge in [-0.3, -0.25) is 9.56 Å². The van der Waals surface area contributed by atoms with Crippen LogP contribution < -0.4 is 5.73 Å². The molecule has 22 rings (SSSR count). The van der Waals surface area contributed by atoms with Crippen LogP contribution in [0, 0.1) is 0 Å². The van der Waals surface area contributed by atoms with E-state index >= 15 is 0 Å². The van der Waals surface area contributed by atoms with Gasteiger partial charge in [0.05, 0.1) is 33.5 Å². The summed E-state index contributed by atoms with van der Waals surface area (Å²) in [5.41, 5.74) is 38.3. The molecule has 3 aliphatic rings. The zero-order valence-electron chi connectivity index (χ0n) is 61.4. The van der Waals surface area contributed by atoms with Gasteiger partial charge < -0.3 is 10.3 Å². The highest BCUT2D eigenvalue weighted by Crippen LogP contribution is 2.53. The molecular weight excluding hydrogens is 1350 g/mol. The number of hydrogen-bond acceptors (Lipinski definition) is 4. The predicted molar refractivity (Wildman–Crippen MR) is 464 cm³/mol. The van der Waals surface area contributed by atoms with Gasteiger partial charge >= 0.3 is 0 Å². The fraction of sp³-hybridized carbons (Fsp3) is 0.0762. The maximum atomic E-state index is 7.27. The minimum atomic E-state index is -0.262. The summed E-state index contributed by atoms with van der Waals surface area (Å²) in [6.07, 6.45) is 4.04. The fourth-order valence-corrected chi connectivity index (χ4v) is 19.2. The Hall–Kier alpha value is -13.7. The molecule has 6 nitrogen and oxygen atoms in total. The summed E-state index contributed by atoms with van der Waals surface area (Å²) in [5, 5.41) is 14.4. The normalized spacial score (nSPS) is 14.4. The number of nitrogens with zero attached hydrogens (tertiary/aromatic N) is 5. The van der Waals surface area contributed by atoms with Crippen molar-refractivity contribution >= 4 is 115 Å². The molecule has 524 valence electrons. The molecule has 16 aromatic carbocycles. The summed E-state index contributed by atoms with van der Waals surface area (Å²) in [6.45, 7) is 2.79. The summed E-state index contributed by atoms with van der Waals surface area (Å²) in [6, 6.07) is 127. The molecule has 19 aromatic rings. The van der Waals surface area contributed by atoms with E-state index in [1.165, 1.54) is 144 Å². The van der Waals surface area contributed by atoms with Crippen LogP contribution in [0.2, 0.25) is 0 Å². The first-order valence-corrected chi connectivity index (χ1v) is 39.0. The monoisotopic (exact) mass is 1420 g/mol. The Kier molecular flexibility index (Phi) is 15.1. The smallest absolute Gasteiger partial charge is 0.235 e. The summed E-state index contributed by atoms with van der Waals surface area (Å²) < 4.78 is 4.79. The Bertz CT molecular complexity index is 7160. The molecule has 3 heterocycles. The second-order valence-corrected chi connectivity index (χ2v) is 30.4. The van der Waals surface area contributed by atoms with Gasteiger partial charge in [0.1, 0.15) is 6.67 Å². The van der Waals surface area contributed by atoms with Crippen molar-refractivity contribution < 1.29 is 0 Å². The van der Waals surface area contributed by atoms with Crippen LogP contribution in [-0.2, 0) is 13.1 Å². The predicted octanol–water partition coefficient (Wildman–Crippen LogP) is 25.9. The first-order chi connectivity index (χ1) is 54.9. The lowest BCUT2D eigenvalue weighted by atomic mass is 9.83. The Morgan fingerprint density at radius 1 is 0.378 bits per heavy atom. The van der Waals surface area contributed by atoms with Crippen molar-refractivity contribution in [3.63, 3.8) is 0 Å². The largest absolute Gasteiger partial charge is 0.324 e. The zero-order valence-corrected chi connectivity index (χ0v) is 61.4. The third-order valence-corrected chi connectivity index (χ3v) is 24.2. The number of fused-ring (bicyclic) bond motifs is 3. The van der Waals surface area contributed by atoms with Gasteiger partial charge in [-0.1, -0.05) is 310 Å². The Labute approximate surface area is 643 Å². The quantitative estimate of drug-likeness (QED) is 0.110. The molecule has 2 N–H and O–H groups in total. The lowest BCUT2D eigenvalue weighted by Gasteiger charge is -2.23. The number of aromatic nitrogens is 4. The number of rotatable bonds is 14. The van der Waals surface area contributed by atoms with Gasteiger partial charge in [0.2, 0.25) is 5.95 Å². The van der Waals surface area contributed by atoms with E-state index in [4.69, 9.17) is 20.7 Å². The van der Waals surface area contributed by atoms with E-state index in [1.54, 1.807) is 0 Å². The van der Waals surface area contributed by atoms with E-state index in [9.17, 15) is 0 Å². The second-order valence-electron chi connectivity index (χ2n) is 30.4. The Morgan fingerprint density at radius 3 is 1.50 bits per heavy atom. The van der Waals surface area contributed by atoms with E-state index < -0.39 is 0 Å². The average molecular weight is 1420 g/mol. The van der Waals surface area contributed by atoms with Crippen molar-refractivity contribution in [2.45, 2.75) is 51.2 Å². The third kappa shape index (κ3) is 10.5. The van der Waals surface area contributed by atoms with E-state index in [2.05, 4.69) is 362 Å². The number of nitrogens with two attached hydrogens (primary N) is 1. The van der Waals surface area contributed by atoms with Crippen molar-refractivity contribution in [2.24, 2.45) is 10.7 Å².